The van der Waals surface area contributed by atoms with Crippen molar-refractivity contribution < 1.29 is 14.6 Å². The van der Waals surface area contributed by atoms with Crippen LogP contribution in [-0.4, -0.2) is 42.2 Å². The minimum Gasteiger partial charge on any atom is -0.467 e. The van der Waals surface area contributed by atoms with Gasteiger partial charge < -0.3 is 9.84 Å². The molecule has 0 saturated heterocycles. The molecule has 0 aliphatic carbocycles. The second-order valence-electron chi connectivity index (χ2n) is 2.31. The first kappa shape index (κ1) is 10.7. The van der Waals surface area contributed by atoms with E-state index in [0.29, 0.717) is 6.42 Å². The van der Waals surface area contributed by atoms with Gasteiger partial charge in [0.1, 0.15) is 0 Å². The molecule has 3 nitrogen and oxygen atoms in total. The summed E-state index contributed by atoms with van der Waals surface area (Å²) in [5, 5.41) is 9.07. The van der Waals surface area contributed by atoms with E-state index in [9.17, 15) is 4.79 Å². The first-order chi connectivity index (χ1) is 5.07. The van der Waals surface area contributed by atoms with Gasteiger partial charge in [-0.2, -0.15) is 10.5 Å². The number of aliphatic hydroxyl groups excluding tert-OH is 1. The minimum atomic E-state index is -0.975. The zero-order valence-electron chi connectivity index (χ0n) is 6.87. The van der Waals surface area contributed by atoms with Crippen LogP contribution in [0.3, 0.4) is 0 Å². The highest BCUT2D eigenvalue weighted by Gasteiger charge is 2.13. The van der Waals surface area contributed by atoms with Crippen molar-refractivity contribution in [3.63, 3.8) is 0 Å². The molecule has 0 amide bonds. The Morgan fingerprint density at radius 3 is 2.73 bits per heavy atom. The van der Waals surface area contributed by atoms with Gasteiger partial charge in [-0.05, 0) is 18.4 Å². The first-order valence-corrected chi connectivity index (χ1v) is 5.23. The Balaban J connectivity index is 3.60. The predicted octanol–water partition coefficient (Wildman–Crippen LogP) is 0.241. The molecule has 0 aromatic heterocycles. The SMILES string of the molecule is C=S(C)CCC(O)C(=O)OC. The van der Waals surface area contributed by atoms with Crippen molar-refractivity contribution in [3.05, 3.63) is 0 Å². The Labute approximate surface area is 69.3 Å². The van der Waals surface area contributed by atoms with Gasteiger partial charge in [0, 0.05) is 0 Å². The van der Waals surface area contributed by atoms with E-state index in [-0.39, 0.29) is 10.5 Å². The lowest BCUT2D eigenvalue weighted by Crippen LogP contribution is -2.22. The molecule has 1 N–H and O–H groups in total. The average molecular weight is 178 g/mol. The van der Waals surface area contributed by atoms with E-state index in [1.54, 1.807) is 0 Å². The summed E-state index contributed by atoms with van der Waals surface area (Å²) in [6.07, 6.45) is 1.43. The summed E-state index contributed by atoms with van der Waals surface area (Å²) in [7, 11) is 1.29. The van der Waals surface area contributed by atoms with Crippen molar-refractivity contribution in [2.75, 3.05) is 19.1 Å². The van der Waals surface area contributed by atoms with E-state index < -0.39 is 12.1 Å². The van der Waals surface area contributed by atoms with E-state index in [1.807, 2.05) is 6.26 Å². The van der Waals surface area contributed by atoms with Gasteiger partial charge >= 0.3 is 5.97 Å². The van der Waals surface area contributed by atoms with Crippen molar-refractivity contribution in [2.45, 2.75) is 12.5 Å². The summed E-state index contributed by atoms with van der Waals surface area (Å²) in [6, 6.07) is 0. The Morgan fingerprint density at radius 1 is 1.82 bits per heavy atom. The van der Waals surface area contributed by atoms with Gasteiger partial charge in [-0.15, -0.1) is 0 Å². The van der Waals surface area contributed by atoms with Crippen LogP contribution >= 0.6 is 10.5 Å². The van der Waals surface area contributed by atoms with E-state index in [1.165, 1.54) is 7.11 Å². The van der Waals surface area contributed by atoms with Crippen molar-refractivity contribution in [1.82, 2.24) is 0 Å². The monoisotopic (exact) mass is 178 g/mol. The molecule has 0 heterocycles. The number of hydrogen-bond acceptors (Lipinski definition) is 3. The summed E-state index contributed by atoms with van der Waals surface area (Å²) < 4.78 is 4.34. The Bertz CT molecular complexity index is 156. The van der Waals surface area contributed by atoms with Crippen LogP contribution < -0.4 is 0 Å². The second kappa shape index (κ2) is 5.32. The van der Waals surface area contributed by atoms with Gasteiger partial charge in [0.15, 0.2) is 6.10 Å². The highest BCUT2D eigenvalue weighted by atomic mass is 32.2. The van der Waals surface area contributed by atoms with Gasteiger partial charge in [0.25, 0.3) is 0 Å². The summed E-state index contributed by atoms with van der Waals surface area (Å²) in [5.41, 5.74) is 0. The maximum atomic E-state index is 10.6. The van der Waals surface area contributed by atoms with Crippen molar-refractivity contribution >= 4 is 22.3 Å². The molecule has 0 aromatic carbocycles. The second-order valence-corrected chi connectivity index (χ2v) is 4.28. The summed E-state index contributed by atoms with van der Waals surface area (Å²) in [5.74, 6) is 3.96. The standard InChI is InChI=1S/C7H14O3S/c1-10-7(9)6(8)4-5-11(2)3/h6,8H,2,4-5H2,1,3H3. The normalized spacial score (nSPS) is 15.5. The molecular weight excluding hydrogens is 164 g/mol. The fraction of sp³-hybridized carbons (Fsp3) is 0.714. The van der Waals surface area contributed by atoms with E-state index in [4.69, 9.17) is 5.11 Å². The molecule has 0 aliphatic rings. The summed E-state index contributed by atoms with van der Waals surface area (Å²) >= 11 is 0. The number of rotatable bonds is 4. The molecule has 0 bridgehead atoms. The van der Waals surface area contributed by atoms with Crippen LogP contribution in [0.25, 0.3) is 0 Å². The number of aliphatic hydroxyl groups is 1. The van der Waals surface area contributed by atoms with Crippen molar-refractivity contribution in [3.8, 4) is 0 Å². The highest BCUT2D eigenvalue weighted by Crippen LogP contribution is 2.06. The van der Waals surface area contributed by atoms with Crippen LogP contribution in [0.15, 0.2) is 0 Å². The quantitative estimate of drug-likeness (QED) is 0.495. The molecule has 0 aromatic rings. The smallest absolute Gasteiger partial charge is 0.334 e. The van der Waals surface area contributed by atoms with Crippen molar-refractivity contribution in [1.29, 1.82) is 0 Å². The van der Waals surface area contributed by atoms with Crippen LogP contribution in [0.5, 0.6) is 0 Å². The fourth-order valence-electron chi connectivity index (χ4n) is 0.567. The van der Waals surface area contributed by atoms with Gasteiger partial charge in [0.05, 0.1) is 7.11 Å². The molecule has 0 fully saturated rings. The maximum Gasteiger partial charge on any atom is 0.334 e. The summed E-state index contributed by atoms with van der Waals surface area (Å²) in [6.45, 7) is 0. The molecule has 66 valence electrons. The average Bonchev–Trinajstić information content (AvgIpc) is 1.98. The minimum absolute atomic E-state index is 0.0276. The Kier molecular flexibility index (Phi) is 5.15. The third-order valence-electron chi connectivity index (χ3n) is 1.21. The van der Waals surface area contributed by atoms with Crippen LogP contribution in [-0.2, 0) is 9.53 Å². The molecule has 2 atom stereocenters. The molecule has 0 spiro atoms. The molecule has 0 saturated carbocycles. The predicted molar refractivity (Wildman–Crippen MR) is 48.1 cm³/mol. The summed E-state index contributed by atoms with van der Waals surface area (Å²) in [4.78, 5) is 10.6. The van der Waals surface area contributed by atoms with E-state index in [2.05, 4.69) is 10.6 Å². The lowest BCUT2D eigenvalue weighted by atomic mass is 10.3. The number of carbonyl (C=O) groups excluding carboxylic acids is 1. The van der Waals surface area contributed by atoms with Crippen LogP contribution in [0.4, 0.5) is 0 Å². The van der Waals surface area contributed by atoms with Gasteiger partial charge in [-0.1, -0.05) is 5.87 Å². The lowest BCUT2D eigenvalue weighted by molar-refractivity contribution is -0.150. The molecule has 2 unspecified atom stereocenters. The van der Waals surface area contributed by atoms with Crippen LogP contribution in [0.2, 0.25) is 0 Å². The van der Waals surface area contributed by atoms with Crippen LogP contribution in [0.1, 0.15) is 6.42 Å². The Hall–Kier alpha value is -0.350. The molecule has 0 radical (unpaired) electrons. The number of hydrogen-bond donors (Lipinski definition) is 1. The molecule has 0 aliphatic heterocycles. The van der Waals surface area contributed by atoms with E-state index >= 15 is 0 Å². The largest absolute Gasteiger partial charge is 0.467 e. The van der Waals surface area contributed by atoms with Gasteiger partial charge in [-0.3, -0.25) is 0 Å². The lowest BCUT2D eigenvalue weighted by Gasteiger charge is -2.07. The van der Waals surface area contributed by atoms with Gasteiger partial charge in [-0.25, -0.2) is 4.79 Å². The third kappa shape index (κ3) is 4.98. The highest BCUT2D eigenvalue weighted by molar-refractivity contribution is 8.13. The zero-order valence-corrected chi connectivity index (χ0v) is 7.69. The fourth-order valence-corrected chi connectivity index (χ4v) is 1.19. The zero-order chi connectivity index (χ0) is 8.85. The molecular formula is C7H14O3S. The number of esters is 1. The maximum absolute atomic E-state index is 10.6. The number of methoxy groups -OCH3 is 1. The topological polar surface area (TPSA) is 46.5 Å². The Morgan fingerprint density at radius 2 is 2.36 bits per heavy atom. The third-order valence-corrected chi connectivity index (χ3v) is 2.15. The first-order valence-electron chi connectivity index (χ1n) is 3.26. The van der Waals surface area contributed by atoms with Crippen LogP contribution in [0, 0.1) is 0 Å². The molecule has 4 heteroatoms. The molecule has 11 heavy (non-hydrogen) atoms. The molecule has 0 rings (SSSR count). The van der Waals surface area contributed by atoms with E-state index in [0.717, 1.165) is 5.75 Å². The van der Waals surface area contributed by atoms with Gasteiger partial charge in [0.2, 0.25) is 0 Å². The number of ether oxygens (including phenoxy) is 1. The number of carbonyl (C=O) groups is 1. The van der Waals surface area contributed by atoms with Crippen molar-refractivity contribution in [2.24, 2.45) is 0 Å².